The van der Waals surface area contributed by atoms with Crippen LogP contribution >= 0.6 is 0 Å². The number of rotatable bonds is 9. The molecule has 0 radical (unpaired) electrons. The SMILES string of the molecule is COC(=O)COc1ccc(OC/C=C(\c2ccc(C#CCn3cccn3)cc2)c2cccc(C(F)(F)F)c2)cc1C. The lowest BCUT2D eigenvalue weighted by atomic mass is 9.95. The number of nitrogens with zero attached hydrogens (tertiary/aromatic N) is 2. The van der Waals surface area contributed by atoms with Gasteiger partial charge in [-0.3, -0.25) is 4.68 Å². The molecule has 0 aliphatic rings. The highest BCUT2D eigenvalue weighted by Gasteiger charge is 2.30. The van der Waals surface area contributed by atoms with E-state index >= 15 is 0 Å². The van der Waals surface area contributed by atoms with Crippen molar-refractivity contribution in [1.82, 2.24) is 9.78 Å². The molecule has 0 spiro atoms. The molecule has 1 heterocycles. The Hall–Kier alpha value is -4.97. The Morgan fingerprint density at radius 3 is 2.49 bits per heavy atom. The Bertz CT molecular complexity index is 1570. The summed E-state index contributed by atoms with van der Waals surface area (Å²) in [4.78, 5) is 11.3. The Morgan fingerprint density at radius 2 is 1.80 bits per heavy atom. The van der Waals surface area contributed by atoms with Crippen LogP contribution in [0.5, 0.6) is 11.5 Å². The molecule has 41 heavy (non-hydrogen) atoms. The van der Waals surface area contributed by atoms with E-state index in [2.05, 4.69) is 21.7 Å². The minimum atomic E-state index is -4.47. The van der Waals surface area contributed by atoms with E-state index < -0.39 is 17.7 Å². The zero-order valence-electron chi connectivity index (χ0n) is 22.4. The van der Waals surface area contributed by atoms with Gasteiger partial charge < -0.3 is 14.2 Å². The summed E-state index contributed by atoms with van der Waals surface area (Å²) in [6, 6.07) is 19.4. The van der Waals surface area contributed by atoms with Gasteiger partial charge in [-0.25, -0.2) is 4.79 Å². The van der Waals surface area contributed by atoms with Crippen LogP contribution in [0.1, 0.15) is 27.8 Å². The molecular formula is C32H27F3N2O4. The van der Waals surface area contributed by atoms with Crippen LogP contribution < -0.4 is 9.47 Å². The van der Waals surface area contributed by atoms with Crippen molar-refractivity contribution >= 4 is 11.5 Å². The van der Waals surface area contributed by atoms with Crippen molar-refractivity contribution in [2.75, 3.05) is 20.3 Å². The normalized spacial score (nSPS) is 11.4. The number of aryl methyl sites for hydroxylation is 1. The molecule has 9 heteroatoms. The largest absolute Gasteiger partial charge is 0.489 e. The molecule has 0 atom stereocenters. The molecule has 0 bridgehead atoms. The van der Waals surface area contributed by atoms with E-state index in [0.29, 0.717) is 34.7 Å². The van der Waals surface area contributed by atoms with Gasteiger partial charge in [-0.1, -0.05) is 36.1 Å². The fraction of sp³-hybridized carbons (Fsp3) is 0.188. The maximum Gasteiger partial charge on any atom is 0.416 e. The average molecular weight is 561 g/mol. The Kier molecular flexibility index (Phi) is 9.48. The molecule has 0 amide bonds. The first-order valence-electron chi connectivity index (χ1n) is 12.6. The van der Waals surface area contributed by atoms with Gasteiger partial charge >= 0.3 is 12.1 Å². The van der Waals surface area contributed by atoms with Crippen LogP contribution in [0, 0.1) is 18.8 Å². The van der Waals surface area contributed by atoms with E-state index in [0.717, 1.165) is 23.3 Å². The summed E-state index contributed by atoms with van der Waals surface area (Å²) < 4.78 is 58.0. The number of alkyl halides is 3. The average Bonchev–Trinajstić information content (AvgIpc) is 3.48. The summed E-state index contributed by atoms with van der Waals surface area (Å²) in [7, 11) is 1.28. The van der Waals surface area contributed by atoms with Gasteiger partial charge in [0, 0.05) is 18.0 Å². The van der Waals surface area contributed by atoms with Gasteiger partial charge in [0.05, 0.1) is 12.7 Å². The second kappa shape index (κ2) is 13.4. The van der Waals surface area contributed by atoms with E-state index in [-0.39, 0.29) is 13.2 Å². The van der Waals surface area contributed by atoms with Crippen LogP contribution in [0.4, 0.5) is 13.2 Å². The second-order valence-electron chi connectivity index (χ2n) is 8.88. The van der Waals surface area contributed by atoms with Crippen LogP contribution in [0.3, 0.4) is 0 Å². The maximum absolute atomic E-state index is 13.5. The molecule has 3 aromatic carbocycles. The summed E-state index contributed by atoms with van der Waals surface area (Å²) in [5.41, 5.74) is 2.49. The zero-order valence-corrected chi connectivity index (χ0v) is 22.4. The van der Waals surface area contributed by atoms with Gasteiger partial charge in [0.15, 0.2) is 6.61 Å². The molecule has 210 valence electrons. The number of hydrogen-bond acceptors (Lipinski definition) is 5. The number of hydrogen-bond donors (Lipinski definition) is 0. The highest BCUT2D eigenvalue weighted by atomic mass is 19.4. The standard InChI is InChI=1S/C32H27F3N2O4/c1-23-20-28(13-14-30(23)41-22-31(38)39-2)40-19-15-29(26-7-3-8-27(21-26)32(33,34)35)25-11-9-24(10-12-25)6-4-17-37-18-5-16-36-37/h3,5,7-16,18,20-21H,17,19,22H2,1-2H3/b29-15+. The number of carbonyl (C=O) groups is 1. The third-order valence-electron chi connectivity index (χ3n) is 5.99. The van der Waals surface area contributed by atoms with Crippen molar-refractivity contribution in [2.24, 2.45) is 0 Å². The van der Waals surface area contributed by atoms with Crippen molar-refractivity contribution < 1.29 is 32.2 Å². The number of esters is 1. The highest BCUT2D eigenvalue weighted by molar-refractivity contribution is 5.80. The fourth-order valence-electron chi connectivity index (χ4n) is 3.91. The van der Waals surface area contributed by atoms with Crippen LogP contribution in [0.2, 0.25) is 0 Å². The molecule has 1 aromatic heterocycles. The number of aromatic nitrogens is 2. The first-order chi connectivity index (χ1) is 19.7. The van der Waals surface area contributed by atoms with Gasteiger partial charge in [0.1, 0.15) is 24.7 Å². The molecule has 0 aliphatic heterocycles. The van der Waals surface area contributed by atoms with Crippen LogP contribution in [0.25, 0.3) is 5.57 Å². The van der Waals surface area contributed by atoms with E-state index in [4.69, 9.17) is 9.47 Å². The Morgan fingerprint density at radius 1 is 1.00 bits per heavy atom. The van der Waals surface area contributed by atoms with E-state index in [1.165, 1.54) is 13.2 Å². The molecule has 0 saturated heterocycles. The van der Waals surface area contributed by atoms with E-state index in [1.54, 1.807) is 41.2 Å². The van der Waals surface area contributed by atoms with Crippen LogP contribution in [-0.2, 0) is 22.3 Å². The first kappa shape index (κ1) is 29.0. The van der Waals surface area contributed by atoms with Crippen molar-refractivity contribution in [3.63, 3.8) is 0 Å². The van der Waals surface area contributed by atoms with Gasteiger partial charge in [-0.05, 0) is 83.8 Å². The minimum Gasteiger partial charge on any atom is -0.489 e. The fourth-order valence-corrected chi connectivity index (χ4v) is 3.91. The van der Waals surface area contributed by atoms with Crippen LogP contribution in [-0.4, -0.2) is 36.1 Å². The number of ether oxygens (including phenoxy) is 3. The monoisotopic (exact) mass is 560 g/mol. The number of carbonyl (C=O) groups excluding carboxylic acids is 1. The smallest absolute Gasteiger partial charge is 0.416 e. The topological polar surface area (TPSA) is 62.6 Å². The van der Waals surface area contributed by atoms with Crippen molar-refractivity contribution in [3.05, 3.63) is 119 Å². The van der Waals surface area contributed by atoms with Gasteiger partial charge in [-0.2, -0.15) is 18.3 Å². The Balaban J connectivity index is 1.54. The van der Waals surface area contributed by atoms with Crippen molar-refractivity contribution in [1.29, 1.82) is 0 Å². The summed E-state index contributed by atoms with van der Waals surface area (Å²) >= 11 is 0. The predicted octanol–water partition coefficient (Wildman–Crippen LogP) is 6.32. The number of methoxy groups -OCH3 is 1. The van der Waals surface area contributed by atoms with E-state index in [9.17, 15) is 18.0 Å². The van der Waals surface area contributed by atoms with Crippen molar-refractivity contribution in [3.8, 4) is 23.3 Å². The molecule has 4 rings (SSSR count). The highest BCUT2D eigenvalue weighted by Crippen LogP contribution is 2.33. The maximum atomic E-state index is 13.5. The third kappa shape index (κ3) is 8.26. The molecule has 0 unspecified atom stereocenters. The molecule has 0 aliphatic carbocycles. The number of benzene rings is 3. The lowest BCUT2D eigenvalue weighted by Crippen LogP contribution is -2.13. The van der Waals surface area contributed by atoms with Crippen LogP contribution in [0.15, 0.2) is 91.3 Å². The van der Waals surface area contributed by atoms with Gasteiger partial charge in [0.25, 0.3) is 0 Å². The second-order valence-corrected chi connectivity index (χ2v) is 8.88. The summed E-state index contributed by atoms with van der Waals surface area (Å²) in [6.45, 7) is 2.14. The molecular weight excluding hydrogens is 533 g/mol. The van der Waals surface area contributed by atoms with Crippen molar-refractivity contribution in [2.45, 2.75) is 19.6 Å². The first-order valence-corrected chi connectivity index (χ1v) is 12.6. The summed E-state index contributed by atoms with van der Waals surface area (Å²) in [5, 5.41) is 4.11. The molecule has 6 nitrogen and oxygen atoms in total. The molecule has 0 fully saturated rings. The summed E-state index contributed by atoms with van der Waals surface area (Å²) in [5.74, 6) is 6.67. The van der Waals surface area contributed by atoms with E-state index in [1.807, 2.05) is 43.5 Å². The molecule has 4 aromatic rings. The predicted molar refractivity (Wildman–Crippen MR) is 148 cm³/mol. The molecule has 0 saturated carbocycles. The summed E-state index contributed by atoms with van der Waals surface area (Å²) in [6.07, 6.45) is 0.770. The lowest BCUT2D eigenvalue weighted by molar-refractivity contribution is -0.143. The lowest BCUT2D eigenvalue weighted by Gasteiger charge is -2.14. The Labute approximate surface area is 236 Å². The number of halogens is 3. The van der Waals surface area contributed by atoms with Gasteiger partial charge in [-0.15, -0.1) is 0 Å². The van der Waals surface area contributed by atoms with Gasteiger partial charge in [0.2, 0.25) is 0 Å². The zero-order chi connectivity index (χ0) is 29.2. The quantitative estimate of drug-likeness (QED) is 0.177. The minimum absolute atomic E-state index is 0.0960. The third-order valence-corrected chi connectivity index (χ3v) is 5.99. The molecule has 0 N–H and O–H groups in total.